The lowest BCUT2D eigenvalue weighted by atomic mass is 10.3. The highest BCUT2D eigenvalue weighted by Crippen LogP contribution is 2.28. The Bertz CT molecular complexity index is 403. The number of nitrogens with one attached hydrogen (secondary N) is 1. The fourth-order valence-electron chi connectivity index (χ4n) is 1.14. The lowest BCUT2D eigenvalue weighted by Crippen LogP contribution is -2.32. The van der Waals surface area contributed by atoms with Crippen LogP contribution in [-0.2, 0) is 11.0 Å². The third-order valence-electron chi connectivity index (χ3n) is 2.41. The van der Waals surface area contributed by atoms with E-state index in [0.29, 0.717) is 6.54 Å². The predicted octanol–water partition coefficient (Wildman–Crippen LogP) is 1.99. The molecule has 4 nitrogen and oxygen atoms in total. The lowest BCUT2D eigenvalue weighted by molar-refractivity contribution is -0.137. The number of alkyl halides is 3. The molecule has 1 aromatic heterocycles. The number of amides is 1. The molecule has 0 unspecified atom stereocenters. The summed E-state index contributed by atoms with van der Waals surface area (Å²) in [6.45, 7) is 2.40. The number of hydrogen-bond acceptors (Lipinski definition) is 3. The number of aromatic nitrogens is 1. The van der Waals surface area contributed by atoms with Gasteiger partial charge >= 0.3 is 6.18 Å². The van der Waals surface area contributed by atoms with Crippen LogP contribution in [0.25, 0.3) is 0 Å². The first-order valence-electron chi connectivity index (χ1n) is 5.35. The number of anilines is 1. The summed E-state index contributed by atoms with van der Waals surface area (Å²) < 4.78 is 36.8. The van der Waals surface area contributed by atoms with E-state index in [0.717, 1.165) is 12.3 Å². The van der Waals surface area contributed by atoms with E-state index in [4.69, 9.17) is 0 Å². The molecular formula is C11H14F3N3O. The summed E-state index contributed by atoms with van der Waals surface area (Å²) in [6, 6.07) is 2.12. The average Bonchev–Trinajstić information content (AvgIpc) is 2.34. The number of rotatable bonds is 4. The Morgan fingerprint density at radius 1 is 1.44 bits per heavy atom. The van der Waals surface area contributed by atoms with Crippen LogP contribution in [-0.4, -0.2) is 35.9 Å². The standard InChI is InChI=1S/C11H14F3N3O/c1-3-17(2)10(18)7-16-9-5-4-8(6-15-9)11(12,13)14/h4-6H,3,7H2,1-2H3,(H,15,16). The molecule has 0 spiro atoms. The van der Waals surface area contributed by atoms with Gasteiger partial charge in [-0.15, -0.1) is 0 Å². The van der Waals surface area contributed by atoms with E-state index < -0.39 is 11.7 Å². The maximum atomic E-state index is 12.3. The van der Waals surface area contributed by atoms with Gasteiger partial charge < -0.3 is 10.2 Å². The molecule has 0 aliphatic carbocycles. The van der Waals surface area contributed by atoms with Crippen molar-refractivity contribution >= 4 is 11.7 Å². The second-order valence-corrected chi connectivity index (χ2v) is 3.69. The lowest BCUT2D eigenvalue weighted by Gasteiger charge is -2.15. The fourth-order valence-corrected chi connectivity index (χ4v) is 1.14. The Kier molecular flexibility index (Phi) is 4.52. The van der Waals surface area contributed by atoms with Crippen LogP contribution in [0, 0.1) is 0 Å². The molecule has 1 amide bonds. The van der Waals surface area contributed by atoms with Crippen LogP contribution in [0.5, 0.6) is 0 Å². The van der Waals surface area contributed by atoms with Gasteiger partial charge in [0.25, 0.3) is 0 Å². The molecule has 100 valence electrons. The molecular weight excluding hydrogens is 247 g/mol. The molecule has 0 atom stereocenters. The molecule has 0 saturated carbocycles. The third kappa shape index (κ3) is 3.90. The van der Waals surface area contributed by atoms with Gasteiger partial charge in [-0.1, -0.05) is 0 Å². The number of halogens is 3. The molecule has 0 saturated heterocycles. The SMILES string of the molecule is CCN(C)C(=O)CNc1ccc(C(F)(F)F)cn1. The Morgan fingerprint density at radius 2 is 2.11 bits per heavy atom. The van der Waals surface area contributed by atoms with Gasteiger partial charge in [-0.25, -0.2) is 4.98 Å². The smallest absolute Gasteiger partial charge is 0.361 e. The Hall–Kier alpha value is -1.79. The van der Waals surface area contributed by atoms with Crippen LogP contribution in [0.1, 0.15) is 12.5 Å². The van der Waals surface area contributed by atoms with E-state index in [1.54, 1.807) is 7.05 Å². The van der Waals surface area contributed by atoms with Crippen molar-refractivity contribution in [1.82, 2.24) is 9.88 Å². The summed E-state index contributed by atoms with van der Waals surface area (Å²) in [5, 5.41) is 2.67. The molecule has 0 radical (unpaired) electrons. The van der Waals surface area contributed by atoms with Crippen molar-refractivity contribution in [3.05, 3.63) is 23.9 Å². The highest BCUT2D eigenvalue weighted by molar-refractivity contribution is 5.80. The molecule has 0 fully saturated rings. The molecule has 0 aliphatic heterocycles. The fraction of sp³-hybridized carbons (Fsp3) is 0.455. The maximum absolute atomic E-state index is 12.3. The Labute approximate surface area is 103 Å². The van der Waals surface area contributed by atoms with Gasteiger partial charge in [-0.2, -0.15) is 13.2 Å². The van der Waals surface area contributed by atoms with Crippen molar-refractivity contribution in [3.8, 4) is 0 Å². The van der Waals surface area contributed by atoms with Crippen molar-refractivity contribution in [3.63, 3.8) is 0 Å². The first kappa shape index (κ1) is 14.3. The number of carbonyl (C=O) groups is 1. The first-order chi connectivity index (χ1) is 8.34. The van der Waals surface area contributed by atoms with Gasteiger partial charge in [0.2, 0.25) is 5.91 Å². The monoisotopic (exact) mass is 261 g/mol. The minimum Gasteiger partial charge on any atom is -0.361 e. The van der Waals surface area contributed by atoms with Crippen LogP contribution in [0.3, 0.4) is 0 Å². The van der Waals surface area contributed by atoms with Gasteiger partial charge in [0.1, 0.15) is 5.82 Å². The quantitative estimate of drug-likeness (QED) is 0.901. The van der Waals surface area contributed by atoms with Gasteiger partial charge in [0, 0.05) is 19.8 Å². The van der Waals surface area contributed by atoms with Gasteiger partial charge in [-0.05, 0) is 19.1 Å². The van der Waals surface area contributed by atoms with Crippen molar-refractivity contribution in [2.45, 2.75) is 13.1 Å². The van der Waals surface area contributed by atoms with Gasteiger partial charge in [-0.3, -0.25) is 4.79 Å². The molecule has 0 bridgehead atoms. The van der Waals surface area contributed by atoms with Crippen molar-refractivity contribution in [2.75, 3.05) is 25.5 Å². The first-order valence-corrected chi connectivity index (χ1v) is 5.35. The summed E-state index contributed by atoms with van der Waals surface area (Å²) >= 11 is 0. The summed E-state index contributed by atoms with van der Waals surface area (Å²) in [4.78, 5) is 16.5. The van der Waals surface area contributed by atoms with Crippen LogP contribution in [0.4, 0.5) is 19.0 Å². The van der Waals surface area contributed by atoms with E-state index in [1.165, 1.54) is 11.0 Å². The summed E-state index contributed by atoms with van der Waals surface area (Å²) in [5.74, 6) is 0.0834. The van der Waals surface area contributed by atoms with Gasteiger partial charge in [0.05, 0.1) is 12.1 Å². The summed E-state index contributed by atoms with van der Waals surface area (Å²) in [6.07, 6.45) is -3.67. The maximum Gasteiger partial charge on any atom is 0.417 e. The Balaban J connectivity index is 2.57. The normalized spacial score (nSPS) is 11.2. The van der Waals surface area contributed by atoms with Crippen LogP contribution in [0.2, 0.25) is 0 Å². The molecule has 0 aromatic carbocycles. The van der Waals surface area contributed by atoms with Crippen molar-refractivity contribution < 1.29 is 18.0 Å². The molecule has 7 heteroatoms. The highest BCUT2D eigenvalue weighted by atomic mass is 19.4. The number of pyridine rings is 1. The minimum atomic E-state index is -4.40. The third-order valence-corrected chi connectivity index (χ3v) is 2.41. The largest absolute Gasteiger partial charge is 0.417 e. The second-order valence-electron chi connectivity index (χ2n) is 3.69. The summed E-state index contributed by atoms with van der Waals surface area (Å²) in [5.41, 5.74) is -0.815. The predicted molar refractivity (Wildman–Crippen MR) is 61.0 cm³/mol. The molecule has 1 heterocycles. The Morgan fingerprint density at radius 3 is 2.56 bits per heavy atom. The van der Waals surface area contributed by atoms with Crippen molar-refractivity contribution in [1.29, 1.82) is 0 Å². The van der Waals surface area contributed by atoms with E-state index >= 15 is 0 Å². The molecule has 1 N–H and O–H groups in total. The number of nitrogens with zero attached hydrogens (tertiary/aromatic N) is 2. The van der Waals surface area contributed by atoms with E-state index in [-0.39, 0.29) is 18.3 Å². The zero-order chi connectivity index (χ0) is 13.8. The van der Waals surface area contributed by atoms with Crippen LogP contribution < -0.4 is 5.32 Å². The number of carbonyl (C=O) groups excluding carboxylic acids is 1. The molecule has 18 heavy (non-hydrogen) atoms. The van der Waals surface area contributed by atoms with E-state index in [1.807, 2.05) is 6.92 Å². The van der Waals surface area contributed by atoms with Gasteiger partial charge in [0.15, 0.2) is 0 Å². The van der Waals surface area contributed by atoms with Crippen molar-refractivity contribution in [2.24, 2.45) is 0 Å². The van der Waals surface area contributed by atoms with Crippen LogP contribution in [0.15, 0.2) is 18.3 Å². The second kappa shape index (κ2) is 5.70. The zero-order valence-corrected chi connectivity index (χ0v) is 10.1. The molecule has 1 rings (SSSR count). The molecule has 1 aromatic rings. The van der Waals surface area contributed by atoms with Crippen LogP contribution >= 0.6 is 0 Å². The summed E-state index contributed by atoms with van der Waals surface area (Å²) in [7, 11) is 1.64. The number of hydrogen-bond donors (Lipinski definition) is 1. The van der Waals surface area contributed by atoms with E-state index in [2.05, 4.69) is 10.3 Å². The van der Waals surface area contributed by atoms with E-state index in [9.17, 15) is 18.0 Å². The highest BCUT2D eigenvalue weighted by Gasteiger charge is 2.30. The zero-order valence-electron chi connectivity index (χ0n) is 10.1. The number of likely N-dealkylation sites (N-methyl/N-ethyl adjacent to an activating group) is 1. The average molecular weight is 261 g/mol. The molecule has 0 aliphatic rings. The topological polar surface area (TPSA) is 45.2 Å². The minimum absolute atomic E-state index is 0.00268.